The van der Waals surface area contributed by atoms with Crippen molar-refractivity contribution >= 4 is 20.9 Å². The van der Waals surface area contributed by atoms with Gasteiger partial charge in [-0.2, -0.15) is 0 Å². The molecule has 1 aliphatic heterocycles. The Morgan fingerprint density at radius 1 is 1.22 bits per heavy atom. The van der Waals surface area contributed by atoms with Gasteiger partial charge in [-0.3, -0.25) is 4.90 Å². The molecule has 1 atom stereocenters. The topological polar surface area (TPSA) is 64.4 Å². The zero-order chi connectivity index (χ0) is 19.0. The van der Waals surface area contributed by atoms with Crippen molar-refractivity contribution in [3.63, 3.8) is 0 Å². The average Bonchev–Trinajstić information content (AvgIpc) is 3.02. The molecule has 1 aromatic heterocycles. The van der Waals surface area contributed by atoms with Crippen molar-refractivity contribution in [2.45, 2.75) is 17.5 Å². The molecule has 0 spiro atoms. The summed E-state index contributed by atoms with van der Waals surface area (Å²) in [5, 5.41) is 0. The summed E-state index contributed by atoms with van der Waals surface area (Å²) in [5.41, 5.74) is 4.21. The summed E-state index contributed by atoms with van der Waals surface area (Å²) in [6.07, 6.45) is 3.05. The molecule has 142 valence electrons. The lowest BCUT2D eigenvalue weighted by molar-refractivity contribution is -0.0329. The second-order valence-electron chi connectivity index (χ2n) is 7.12. The van der Waals surface area contributed by atoms with Crippen molar-refractivity contribution in [3.05, 3.63) is 59.9 Å². The van der Waals surface area contributed by atoms with Gasteiger partial charge in [-0.15, -0.1) is 0 Å². The Labute approximate surface area is 159 Å². The van der Waals surface area contributed by atoms with Gasteiger partial charge in [0.15, 0.2) is 9.84 Å². The van der Waals surface area contributed by atoms with E-state index >= 15 is 0 Å². The number of ether oxygens (including phenoxy) is 1. The van der Waals surface area contributed by atoms with Crippen molar-refractivity contribution in [1.82, 2.24) is 14.5 Å². The van der Waals surface area contributed by atoms with Crippen molar-refractivity contribution in [2.24, 2.45) is 7.05 Å². The number of rotatable bonds is 4. The first-order valence-corrected chi connectivity index (χ1v) is 10.8. The number of imidazole rings is 1. The van der Waals surface area contributed by atoms with Crippen LogP contribution in [0, 0.1) is 0 Å². The Kier molecular flexibility index (Phi) is 4.75. The number of aromatic nitrogens is 2. The van der Waals surface area contributed by atoms with Crippen LogP contribution in [0.25, 0.3) is 11.0 Å². The van der Waals surface area contributed by atoms with Crippen molar-refractivity contribution in [2.75, 3.05) is 26.0 Å². The van der Waals surface area contributed by atoms with Crippen molar-refractivity contribution < 1.29 is 13.2 Å². The molecule has 1 aliphatic rings. The van der Waals surface area contributed by atoms with Crippen LogP contribution < -0.4 is 0 Å². The van der Waals surface area contributed by atoms with E-state index in [1.807, 2.05) is 30.1 Å². The molecule has 0 N–H and O–H groups in total. The van der Waals surface area contributed by atoms with Crippen LogP contribution in [0.4, 0.5) is 0 Å². The number of hydrogen-bond donors (Lipinski definition) is 0. The molecule has 7 heteroatoms. The van der Waals surface area contributed by atoms with E-state index in [-0.39, 0.29) is 6.10 Å². The van der Waals surface area contributed by atoms with Gasteiger partial charge in [0.1, 0.15) is 0 Å². The Morgan fingerprint density at radius 2 is 2.07 bits per heavy atom. The maximum atomic E-state index is 11.8. The fourth-order valence-electron chi connectivity index (χ4n) is 3.52. The quantitative estimate of drug-likeness (QED) is 0.691. The lowest BCUT2D eigenvalue weighted by Crippen LogP contribution is -2.37. The lowest BCUT2D eigenvalue weighted by atomic mass is 10.1. The number of hydrogen-bond acceptors (Lipinski definition) is 5. The SMILES string of the molecule is Cn1cnc2ccc([C@@H]3CN(Cc4cccc(S(C)(=O)=O)c4)CCO3)cc21. The van der Waals surface area contributed by atoms with Crippen LogP contribution >= 0.6 is 0 Å². The second-order valence-corrected chi connectivity index (χ2v) is 9.13. The number of fused-ring (bicyclic) bond motifs is 1. The van der Waals surface area contributed by atoms with E-state index in [0.717, 1.165) is 35.2 Å². The molecule has 1 fully saturated rings. The van der Waals surface area contributed by atoms with Gasteiger partial charge in [0.25, 0.3) is 0 Å². The molecular weight excluding hydrogens is 362 g/mol. The summed E-state index contributed by atoms with van der Waals surface area (Å²) in [5.74, 6) is 0. The van der Waals surface area contributed by atoms with Crippen LogP contribution in [0.3, 0.4) is 0 Å². The van der Waals surface area contributed by atoms with Gasteiger partial charge in [-0.05, 0) is 35.4 Å². The molecule has 1 saturated heterocycles. The first kappa shape index (κ1) is 18.2. The Balaban J connectivity index is 1.52. The largest absolute Gasteiger partial charge is 0.371 e. The number of aryl methyl sites for hydroxylation is 1. The van der Waals surface area contributed by atoms with Gasteiger partial charge >= 0.3 is 0 Å². The summed E-state index contributed by atoms with van der Waals surface area (Å²) >= 11 is 0. The van der Waals surface area contributed by atoms with Gasteiger partial charge in [0.2, 0.25) is 0 Å². The monoisotopic (exact) mass is 385 g/mol. The van der Waals surface area contributed by atoms with E-state index in [2.05, 4.69) is 22.0 Å². The minimum atomic E-state index is -3.19. The number of nitrogens with zero attached hydrogens (tertiary/aromatic N) is 3. The average molecular weight is 385 g/mol. The van der Waals surface area contributed by atoms with Gasteiger partial charge < -0.3 is 9.30 Å². The molecule has 0 saturated carbocycles. The van der Waals surface area contributed by atoms with Crippen LogP contribution in [0.15, 0.2) is 53.7 Å². The minimum absolute atomic E-state index is 0.00357. The molecule has 0 radical (unpaired) electrons. The summed E-state index contributed by atoms with van der Waals surface area (Å²) in [6.45, 7) is 2.96. The fraction of sp³-hybridized carbons (Fsp3) is 0.350. The van der Waals surface area contributed by atoms with Gasteiger partial charge in [-0.1, -0.05) is 18.2 Å². The molecule has 2 heterocycles. The normalized spacial score (nSPS) is 18.8. The van der Waals surface area contributed by atoms with E-state index in [1.165, 1.54) is 6.26 Å². The molecule has 2 aromatic carbocycles. The molecule has 0 unspecified atom stereocenters. The zero-order valence-electron chi connectivity index (χ0n) is 15.5. The smallest absolute Gasteiger partial charge is 0.175 e. The van der Waals surface area contributed by atoms with E-state index in [9.17, 15) is 8.42 Å². The highest BCUT2D eigenvalue weighted by molar-refractivity contribution is 7.90. The third-order valence-electron chi connectivity index (χ3n) is 5.00. The predicted molar refractivity (Wildman–Crippen MR) is 104 cm³/mol. The summed E-state index contributed by atoms with van der Waals surface area (Å²) in [6, 6.07) is 13.4. The first-order chi connectivity index (χ1) is 12.9. The van der Waals surface area contributed by atoms with Crippen LogP contribution in [0.2, 0.25) is 0 Å². The lowest BCUT2D eigenvalue weighted by Gasteiger charge is -2.33. The van der Waals surface area contributed by atoms with E-state index in [4.69, 9.17) is 4.74 Å². The summed E-state index contributed by atoms with van der Waals surface area (Å²) in [4.78, 5) is 7.04. The van der Waals surface area contributed by atoms with Crippen LogP contribution in [0.5, 0.6) is 0 Å². The van der Waals surface area contributed by atoms with Gasteiger partial charge in [0.05, 0.1) is 35.0 Å². The highest BCUT2D eigenvalue weighted by Gasteiger charge is 2.23. The van der Waals surface area contributed by atoms with Crippen LogP contribution in [-0.2, 0) is 28.2 Å². The third kappa shape index (κ3) is 3.90. The molecule has 6 nitrogen and oxygen atoms in total. The Bertz CT molecular complexity index is 1080. The summed E-state index contributed by atoms with van der Waals surface area (Å²) < 4.78 is 31.6. The number of morpholine rings is 1. The first-order valence-electron chi connectivity index (χ1n) is 8.94. The second kappa shape index (κ2) is 7.07. The molecule has 3 aromatic rings. The molecule has 4 rings (SSSR count). The van der Waals surface area contributed by atoms with E-state index < -0.39 is 9.84 Å². The summed E-state index contributed by atoms with van der Waals surface area (Å²) in [7, 11) is -1.20. The van der Waals surface area contributed by atoms with Crippen molar-refractivity contribution in [1.29, 1.82) is 0 Å². The maximum Gasteiger partial charge on any atom is 0.175 e. The Hall–Kier alpha value is -2.22. The number of sulfone groups is 1. The molecule has 0 bridgehead atoms. The molecular formula is C20H23N3O3S. The highest BCUT2D eigenvalue weighted by atomic mass is 32.2. The molecule has 27 heavy (non-hydrogen) atoms. The molecule has 0 amide bonds. The maximum absolute atomic E-state index is 11.8. The van der Waals surface area contributed by atoms with Crippen molar-refractivity contribution in [3.8, 4) is 0 Å². The zero-order valence-corrected chi connectivity index (χ0v) is 16.3. The highest BCUT2D eigenvalue weighted by Crippen LogP contribution is 2.26. The van der Waals surface area contributed by atoms with Gasteiger partial charge in [0, 0.05) is 32.9 Å². The fourth-order valence-corrected chi connectivity index (χ4v) is 4.22. The molecule has 0 aliphatic carbocycles. The standard InChI is InChI=1S/C20H23N3O3S/c1-22-14-21-18-7-6-16(11-19(18)22)20-13-23(8-9-26-20)12-15-4-3-5-17(10-15)27(2,24)25/h3-7,10-11,14,20H,8-9,12-13H2,1-2H3/t20-/m0/s1. The minimum Gasteiger partial charge on any atom is -0.371 e. The van der Waals surface area contributed by atoms with Crippen LogP contribution in [-0.4, -0.2) is 48.8 Å². The van der Waals surface area contributed by atoms with E-state index in [0.29, 0.717) is 18.0 Å². The predicted octanol–water partition coefficient (Wildman–Crippen LogP) is 2.55. The third-order valence-corrected chi connectivity index (χ3v) is 6.11. The van der Waals surface area contributed by atoms with E-state index in [1.54, 1.807) is 18.2 Å². The Morgan fingerprint density at radius 3 is 2.89 bits per heavy atom. The van der Waals surface area contributed by atoms with Gasteiger partial charge in [-0.25, -0.2) is 13.4 Å². The van der Waals surface area contributed by atoms with Crippen LogP contribution in [0.1, 0.15) is 17.2 Å². The number of benzene rings is 2.